The third-order valence-corrected chi connectivity index (χ3v) is 13.9. The van der Waals surface area contributed by atoms with E-state index in [-0.39, 0.29) is 11.1 Å². The van der Waals surface area contributed by atoms with E-state index in [1.165, 1.54) is 0 Å². The Morgan fingerprint density at radius 3 is 1.13 bits per heavy atom. The summed E-state index contributed by atoms with van der Waals surface area (Å²) in [4.78, 5) is 0. The van der Waals surface area contributed by atoms with Crippen LogP contribution in [0.5, 0.6) is 0 Å². The van der Waals surface area contributed by atoms with Gasteiger partial charge in [0.15, 0.2) is 0 Å². The van der Waals surface area contributed by atoms with E-state index in [0.29, 0.717) is 11.5 Å². The fourth-order valence-electron chi connectivity index (χ4n) is 4.28. The molecule has 0 aromatic carbocycles. The summed E-state index contributed by atoms with van der Waals surface area (Å²) in [6.45, 7) is 4.31. The van der Waals surface area contributed by atoms with Gasteiger partial charge in [-0.2, -0.15) is 0 Å². The maximum atomic E-state index is 12.6. The molecule has 0 rings (SSSR count). The van der Waals surface area contributed by atoms with Crippen molar-refractivity contribution in [1.82, 2.24) is 0 Å². The van der Waals surface area contributed by atoms with Crippen molar-refractivity contribution in [2.24, 2.45) is 0 Å². The lowest BCUT2D eigenvalue weighted by atomic mass is 10.1. The summed E-state index contributed by atoms with van der Waals surface area (Å²) >= 11 is 0. The van der Waals surface area contributed by atoms with Crippen LogP contribution in [0.15, 0.2) is 0 Å². The second-order valence-corrected chi connectivity index (χ2v) is 15.7. The highest BCUT2D eigenvalue weighted by atomic mass is 32.2. The highest BCUT2D eigenvalue weighted by Crippen LogP contribution is 2.34. The Morgan fingerprint density at radius 2 is 0.900 bits per heavy atom. The maximum Gasteiger partial charge on any atom is 0.503 e. The van der Waals surface area contributed by atoms with Gasteiger partial charge in [0.25, 0.3) is 0 Å². The van der Waals surface area contributed by atoms with Gasteiger partial charge in [-0.25, -0.2) is 0 Å². The molecule has 0 aliphatic heterocycles. The Morgan fingerprint density at radius 1 is 0.600 bits per heavy atom. The first-order valence-corrected chi connectivity index (χ1v) is 16.1. The molecular formula is C20H46O7SSi2. The first-order chi connectivity index (χ1) is 14.4. The van der Waals surface area contributed by atoms with Crippen molar-refractivity contribution in [3.05, 3.63) is 0 Å². The summed E-state index contributed by atoms with van der Waals surface area (Å²) in [6, 6.07) is 0. The molecule has 0 bridgehead atoms. The third kappa shape index (κ3) is 9.07. The van der Waals surface area contributed by atoms with Crippen molar-refractivity contribution < 1.29 is 30.8 Å². The zero-order valence-corrected chi connectivity index (χ0v) is 23.3. The topological polar surface area (TPSA) is 72.5 Å². The lowest BCUT2D eigenvalue weighted by molar-refractivity contribution is 0.107. The number of rotatable bonds is 20. The Balaban J connectivity index is 4.62. The highest BCUT2D eigenvalue weighted by molar-refractivity contribution is 7.84. The van der Waals surface area contributed by atoms with E-state index >= 15 is 0 Å². The summed E-state index contributed by atoms with van der Waals surface area (Å²) < 4.78 is 46.6. The van der Waals surface area contributed by atoms with E-state index in [2.05, 4.69) is 13.8 Å². The Bertz CT molecular complexity index is 394. The zero-order valence-electron chi connectivity index (χ0n) is 20.5. The van der Waals surface area contributed by atoms with Gasteiger partial charge in [-0.1, -0.05) is 26.7 Å². The van der Waals surface area contributed by atoms with E-state index < -0.39 is 28.4 Å². The minimum atomic E-state index is -2.66. The molecule has 0 aliphatic carbocycles. The van der Waals surface area contributed by atoms with Crippen molar-refractivity contribution in [2.45, 2.75) is 76.3 Å². The molecule has 0 saturated carbocycles. The van der Waals surface area contributed by atoms with E-state index in [4.69, 9.17) is 26.6 Å². The molecule has 0 spiro atoms. The monoisotopic (exact) mass is 486 g/mol. The minimum Gasteiger partial charge on any atom is -0.377 e. The van der Waals surface area contributed by atoms with Gasteiger partial charge in [0, 0.05) is 76.0 Å². The summed E-state index contributed by atoms with van der Waals surface area (Å²) in [6.07, 6.45) is 7.65. The van der Waals surface area contributed by atoms with Crippen molar-refractivity contribution in [3.63, 3.8) is 0 Å². The molecule has 2 unspecified atom stereocenters. The molecular weight excluding hydrogens is 440 g/mol. The van der Waals surface area contributed by atoms with Crippen LogP contribution in [0.1, 0.15) is 65.2 Å². The Kier molecular flexibility index (Phi) is 17.1. The van der Waals surface area contributed by atoms with Crippen LogP contribution >= 0.6 is 0 Å². The van der Waals surface area contributed by atoms with E-state index in [1.54, 1.807) is 42.7 Å². The van der Waals surface area contributed by atoms with Crippen LogP contribution in [0.3, 0.4) is 0 Å². The van der Waals surface area contributed by atoms with Crippen molar-refractivity contribution in [1.29, 1.82) is 0 Å². The molecule has 0 aromatic heterocycles. The Labute approximate surface area is 189 Å². The maximum absolute atomic E-state index is 12.6. The molecule has 2 atom stereocenters. The zero-order chi connectivity index (χ0) is 23.0. The predicted octanol–water partition coefficient (Wildman–Crippen LogP) is 4.39. The highest BCUT2D eigenvalue weighted by Gasteiger charge is 2.47. The van der Waals surface area contributed by atoms with Gasteiger partial charge < -0.3 is 26.6 Å². The van der Waals surface area contributed by atoms with Crippen LogP contribution < -0.4 is 0 Å². The summed E-state index contributed by atoms with van der Waals surface area (Å²) in [7, 11) is 3.82. The minimum absolute atomic E-state index is 0.241. The molecule has 10 heteroatoms. The lowest BCUT2D eigenvalue weighted by Gasteiger charge is -2.32. The second-order valence-electron chi connectivity index (χ2n) is 7.54. The molecule has 0 saturated heterocycles. The smallest absolute Gasteiger partial charge is 0.377 e. The number of hydrogen-bond donors (Lipinski definition) is 0. The van der Waals surface area contributed by atoms with E-state index in [1.807, 2.05) is 0 Å². The fraction of sp³-hybridized carbons (Fsp3) is 1.00. The molecule has 0 heterocycles. The first kappa shape index (κ1) is 30.3. The van der Waals surface area contributed by atoms with Crippen LogP contribution in [0.4, 0.5) is 0 Å². The fourth-order valence-corrected chi connectivity index (χ4v) is 10.9. The van der Waals surface area contributed by atoms with Gasteiger partial charge in [-0.3, -0.25) is 4.21 Å². The van der Waals surface area contributed by atoms with Gasteiger partial charge in [-0.15, -0.1) is 0 Å². The van der Waals surface area contributed by atoms with Gasteiger partial charge in [0.2, 0.25) is 0 Å². The second kappa shape index (κ2) is 16.9. The van der Waals surface area contributed by atoms with E-state index in [0.717, 1.165) is 51.4 Å². The lowest BCUT2D eigenvalue weighted by Crippen LogP contribution is -2.47. The molecule has 0 aliphatic rings. The van der Waals surface area contributed by atoms with Crippen LogP contribution in [0, 0.1) is 0 Å². The van der Waals surface area contributed by atoms with Crippen molar-refractivity contribution >= 4 is 28.4 Å². The average Bonchev–Trinajstić information content (AvgIpc) is 2.77. The molecule has 30 heavy (non-hydrogen) atoms. The van der Waals surface area contributed by atoms with E-state index in [9.17, 15) is 4.21 Å². The Hall–Kier alpha value is 0.344. The predicted molar refractivity (Wildman–Crippen MR) is 127 cm³/mol. The largest absolute Gasteiger partial charge is 0.503 e. The molecule has 0 amide bonds. The van der Waals surface area contributed by atoms with Crippen LogP contribution in [-0.2, 0) is 37.4 Å². The third-order valence-electron chi connectivity index (χ3n) is 5.83. The molecule has 182 valence electrons. The van der Waals surface area contributed by atoms with Crippen molar-refractivity contribution in [3.8, 4) is 0 Å². The first-order valence-electron chi connectivity index (χ1n) is 11.0. The summed E-state index contributed by atoms with van der Waals surface area (Å²) in [5.41, 5.74) is 0.482. The normalized spacial score (nSPS) is 15.9. The van der Waals surface area contributed by atoms with Crippen LogP contribution in [-0.4, -0.2) is 76.0 Å². The molecule has 0 aromatic rings. The number of hydrogen-bond acceptors (Lipinski definition) is 7. The van der Waals surface area contributed by atoms with Gasteiger partial charge in [0.05, 0.1) is 0 Å². The summed E-state index contributed by atoms with van der Waals surface area (Å²) in [5, 5.41) is 0. The molecule has 0 radical (unpaired) electrons. The standard InChI is InChI=1S/C20H46O7SSi2/c1-9-13-19(29(22-3,23-4)24-5)15-11-17-28(21)18-12-16-20(14-10-2)30(25-6,26-7)27-8/h19-20H,9-18H2,1-8H3. The average molecular weight is 487 g/mol. The quantitative estimate of drug-likeness (QED) is 0.236. The van der Waals surface area contributed by atoms with Gasteiger partial charge in [-0.05, 0) is 38.5 Å². The molecule has 7 nitrogen and oxygen atoms in total. The van der Waals surface area contributed by atoms with Crippen molar-refractivity contribution in [2.75, 3.05) is 54.2 Å². The van der Waals surface area contributed by atoms with Gasteiger partial charge in [0.1, 0.15) is 0 Å². The summed E-state index contributed by atoms with van der Waals surface area (Å²) in [5.74, 6) is 1.39. The van der Waals surface area contributed by atoms with Crippen LogP contribution in [0.2, 0.25) is 11.1 Å². The SMILES string of the molecule is CCCC(CCCS(=O)CCCC(CCC)[Si](OC)(OC)OC)[Si](OC)(OC)OC. The van der Waals surface area contributed by atoms with Gasteiger partial charge >= 0.3 is 17.6 Å². The molecule has 0 N–H and O–H groups in total. The van der Waals surface area contributed by atoms with Crippen LogP contribution in [0.25, 0.3) is 0 Å². The molecule has 0 fully saturated rings.